The van der Waals surface area contributed by atoms with Gasteiger partial charge in [-0.05, 0) is 43.7 Å². The van der Waals surface area contributed by atoms with Crippen LogP contribution >= 0.6 is 0 Å². The van der Waals surface area contributed by atoms with Gasteiger partial charge in [-0.1, -0.05) is 6.07 Å². The number of aryl methyl sites for hydroxylation is 1. The van der Waals surface area contributed by atoms with Gasteiger partial charge in [-0.25, -0.2) is 0 Å². The molecule has 0 spiro atoms. The Hall–Kier alpha value is -2.50. The van der Waals surface area contributed by atoms with Crippen LogP contribution in [0, 0.1) is 0 Å². The van der Waals surface area contributed by atoms with Gasteiger partial charge in [0.1, 0.15) is 11.5 Å². The molecule has 2 aromatic rings. The van der Waals surface area contributed by atoms with Crippen molar-refractivity contribution in [2.45, 2.75) is 32.1 Å². The van der Waals surface area contributed by atoms with Crippen LogP contribution in [0.1, 0.15) is 40.2 Å². The van der Waals surface area contributed by atoms with Crippen LogP contribution < -0.4 is 14.8 Å². The Kier molecular flexibility index (Phi) is 5.03. The lowest BCUT2D eigenvalue weighted by Gasteiger charge is -2.12. The van der Waals surface area contributed by atoms with Gasteiger partial charge in [0.15, 0.2) is 5.69 Å². The summed E-state index contributed by atoms with van der Waals surface area (Å²) in [6, 6.07) is 5.70. The number of hydrogen-bond donors (Lipinski definition) is 2. The smallest absolute Gasteiger partial charge is 0.272 e. The normalized spacial score (nSPS) is 13.2. The highest BCUT2D eigenvalue weighted by Crippen LogP contribution is 2.25. The molecule has 24 heavy (non-hydrogen) atoms. The molecule has 6 heteroatoms. The summed E-state index contributed by atoms with van der Waals surface area (Å²) in [4.78, 5) is 12.4. The monoisotopic (exact) mass is 329 g/mol. The number of carbonyl (C=O) groups excluding carboxylic acids is 1. The minimum absolute atomic E-state index is 0.109. The molecule has 0 fully saturated rings. The number of nitrogens with one attached hydrogen (secondary N) is 2. The molecule has 1 aromatic carbocycles. The average Bonchev–Trinajstić information content (AvgIpc) is 3.06. The maximum absolute atomic E-state index is 12.4. The first-order valence-corrected chi connectivity index (χ1v) is 8.28. The maximum atomic E-state index is 12.4. The SMILES string of the molecule is COc1ccc(CCNC(=O)c2n[nH]c3c2CCCC3)c(OC)c1. The Morgan fingerprint density at radius 3 is 2.88 bits per heavy atom. The topological polar surface area (TPSA) is 76.2 Å². The highest BCUT2D eigenvalue weighted by atomic mass is 16.5. The predicted molar refractivity (Wildman–Crippen MR) is 90.8 cm³/mol. The standard InChI is InChI=1S/C18H23N3O3/c1-23-13-8-7-12(16(11-13)24-2)9-10-19-18(22)17-14-5-3-4-6-15(14)20-21-17/h7-8,11H,3-6,9-10H2,1-2H3,(H,19,22)(H,20,21). The molecule has 0 saturated heterocycles. The van der Waals surface area contributed by atoms with E-state index in [0.717, 1.165) is 54.0 Å². The van der Waals surface area contributed by atoms with Gasteiger partial charge in [-0.2, -0.15) is 5.10 Å². The van der Waals surface area contributed by atoms with Gasteiger partial charge in [-0.15, -0.1) is 0 Å². The fourth-order valence-corrected chi connectivity index (χ4v) is 3.12. The molecule has 128 valence electrons. The minimum atomic E-state index is -0.109. The minimum Gasteiger partial charge on any atom is -0.497 e. The van der Waals surface area contributed by atoms with E-state index in [-0.39, 0.29) is 5.91 Å². The third-order valence-corrected chi connectivity index (χ3v) is 4.45. The summed E-state index contributed by atoms with van der Waals surface area (Å²) in [7, 11) is 3.26. The number of hydrogen-bond acceptors (Lipinski definition) is 4. The van der Waals surface area contributed by atoms with Crippen molar-refractivity contribution >= 4 is 5.91 Å². The lowest BCUT2D eigenvalue weighted by atomic mass is 9.96. The second kappa shape index (κ2) is 7.38. The van der Waals surface area contributed by atoms with Crippen LogP contribution in [0.5, 0.6) is 11.5 Å². The van der Waals surface area contributed by atoms with Gasteiger partial charge in [0, 0.05) is 23.9 Å². The van der Waals surface area contributed by atoms with E-state index in [1.165, 1.54) is 0 Å². The van der Waals surface area contributed by atoms with Crippen LogP contribution in [-0.2, 0) is 19.3 Å². The molecular formula is C18H23N3O3. The van der Waals surface area contributed by atoms with Crippen molar-refractivity contribution in [3.05, 3.63) is 40.7 Å². The third kappa shape index (κ3) is 3.37. The van der Waals surface area contributed by atoms with Crippen molar-refractivity contribution in [1.82, 2.24) is 15.5 Å². The quantitative estimate of drug-likeness (QED) is 0.852. The highest BCUT2D eigenvalue weighted by Gasteiger charge is 2.21. The van der Waals surface area contributed by atoms with Crippen molar-refractivity contribution in [1.29, 1.82) is 0 Å². The Labute approximate surface area is 141 Å². The zero-order chi connectivity index (χ0) is 16.9. The number of ether oxygens (including phenoxy) is 2. The van der Waals surface area contributed by atoms with Crippen LogP contribution in [0.2, 0.25) is 0 Å². The number of amides is 1. The van der Waals surface area contributed by atoms with E-state index in [1.807, 2.05) is 18.2 Å². The van der Waals surface area contributed by atoms with Gasteiger partial charge < -0.3 is 14.8 Å². The van der Waals surface area contributed by atoms with E-state index in [2.05, 4.69) is 15.5 Å². The molecule has 1 aliphatic rings. The van der Waals surface area contributed by atoms with Crippen molar-refractivity contribution in [2.75, 3.05) is 20.8 Å². The number of carbonyl (C=O) groups is 1. The number of methoxy groups -OCH3 is 2. The molecule has 0 saturated carbocycles. The number of aromatic amines is 1. The summed E-state index contributed by atoms with van der Waals surface area (Å²) in [5, 5.41) is 10.2. The van der Waals surface area contributed by atoms with E-state index >= 15 is 0 Å². The first-order valence-electron chi connectivity index (χ1n) is 8.28. The van der Waals surface area contributed by atoms with E-state index in [4.69, 9.17) is 9.47 Å². The first-order chi connectivity index (χ1) is 11.7. The molecule has 0 radical (unpaired) electrons. The second-order valence-electron chi connectivity index (χ2n) is 5.92. The molecular weight excluding hydrogens is 306 g/mol. The highest BCUT2D eigenvalue weighted by molar-refractivity contribution is 5.94. The molecule has 0 aliphatic heterocycles. The van der Waals surface area contributed by atoms with Crippen LogP contribution in [0.15, 0.2) is 18.2 Å². The summed E-state index contributed by atoms with van der Waals surface area (Å²) in [6.07, 6.45) is 4.88. The largest absolute Gasteiger partial charge is 0.497 e. The molecule has 6 nitrogen and oxygen atoms in total. The zero-order valence-electron chi connectivity index (χ0n) is 14.1. The van der Waals surface area contributed by atoms with Crippen molar-refractivity contribution in [3.63, 3.8) is 0 Å². The van der Waals surface area contributed by atoms with Gasteiger partial charge in [0.25, 0.3) is 5.91 Å². The molecule has 1 heterocycles. The van der Waals surface area contributed by atoms with E-state index in [9.17, 15) is 4.79 Å². The lowest BCUT2D eigenvalue weighted by Crippen LogP contribution is -2.27. The molecule has 0 unspecified atom stereocenters. The third-order valence-electron chi connectivity index (χ3n) is 4.45. The maximum Gasteiger partial charge on any atom is 0.272 e. The fraction of sp³-hybridized carbons (Fsp3) is 0.444. The number of aromatic nitrogens is 2. The van der Waals surface area contributed by atoms with Crippen molar-refractivity contribution in [3.8, 4) is 11.5 Å². The fourth-order valence-electron chi connectivity index (χ4n) is 3.12. The molecule has 1 amide bonds. The van der Waals surface area contributed by atoms with Crippen molar-refractivity contribution < 1.29 is 14.3 Å². The Morgan fingerprint density at radius 1 is 1.25 bits per heavy atom. The van der Waals surface area contributed by atoms with E-state index in [0.29, 0.717) is 18.7 Å². The zero-order valence-corrected chi connectivity index (χ0v) is 14.1. The summed E-state index contributed by atoms with van der Waals surface area (Å²) >= 11 is 0. The van der Waals surface area contributed by atoms with Gasteiger partial charge in [0.2, 0.25) is 0 Å². The number of H-pyrrole nitrogens is 1. The van der Waals surface area contributed by atoms with E-state index < -0.39 is 0 Å². The summed E-state index contributed by atoms with van der Waals surface area (Å²) < 4.78 is 10.6. The van der Waals surface area contributed by atoms with Crippen LogP contribution in [0.4, 0.5) is 0 Å². The Bertz CT molecular complexity index is 724. The number of rotatable bonds is 6. The summed E-state index contributed by atoms with van der Waals surface area (Å²) in [5.74, 6) is 1.41. The predicted octanol–water partition coefficient (Wildman–Crippen LogP) is 2.28. The van der Waals surface area contributed by atoms with Crippen LogP contribution in [-0.4, -0.2) is 36.9 Å². The number of fused-ring (bicyclic) bond motifs is 1. The molecule has 3 rings (SSSR count). The average molecular weight is 329 g/mol. The van der Waals surface area contributed by atoms with Crippen molar-refractivity contribution in [2.24, 2.45) is 0 Å². The molecule has 1 aliphatic carbocycles. The first kappa shape index (κ1) is 16.4. The van der Waals surface area contributed by atoms with Crippen LogP contribution in [0.25, 0.3) is 0 Å². The Morgan fingerprint density at radius 2 is 2.08 bits per heavy atom. The van der Waals surface area contributed by atoms with Gasteiger partial charge >= 0.3 is 0 Å². The molecule has 1 aromatic heterocycles. The summed E-state index contributed by atoms with van der Waals surface area (Å²) in [5.41, 5.74) is 3.78. The Balaban J connectivity index is 1.60. The van der Waals surface area contributed by atoms with E-state index in [1.54, 1.807) is 14.2 Å². The van der Waals surface area contributed by atoms with Crippen LogP contribution in [0.3, 0.4) is 0 Å². The number of nitrogens with zero attached hydrogens (tertiary/aromatic N) is 1. The molecule has 0 atom stereocenters. The molecule has 0 bridgehead atoms. The number of benzene rings is 1. The van der Waals surface area contributed by atoms with Gasteiger partial charge in [-0.3, -0.25) is 9.89 Å². The molecule has 2 N–H and O–H groups in total. The summed E-state index contributed by atoms with van der Waals surface area (Å²) in [6.45, 7) is 0.531. The second-order valence-corrected chi connectivity index (χ2v) is 5.92. The van der Waals surface area contributed by atoms with Gasteiger partial charge in [0.05, 0.1) is 14.2 Å². The lowest BCUT2D eigenvalue weighted by molar-refractivity contribution is 0.0948.